The van der Waals surface area contributed by atoms with E-state index in [-0.39, 0.29) is 17.1 Å². The van der Waals surface area contributed by atoms with Crippen LogP contribution in [0.1, 0.15) is 25.6 Å². The monoisotopic (exact) mass is 400 g/mol. The Bertz CT molecular complexity index is 1000. The molecule has 2 aromatic heterocycles. The molecule has 0 atom stereocenters. The Morgan fingerprint density at radius 1 is 1.37 bits per heavy atom. The predicted octanol–water partition coefficient (Wildman–Crippen LogP) is 4.22. The normalized spacial score (nSPS) is 12.0. The molecule has 140 valence electrons. The lowest BCUT2D eigenvalue weighted by Gasteiger charge is -2.04. The van der Waals surface area contributed by atoms with Crippen molar-refractivity contribution in [3.63, 3.8) is 0 Å². The first-order chi connectivity index (χ1) is 13.1. The largest absolute Gasteiger partial charge is 0.510 e. The van der Waals surface area contributed by atoms with Gasteiger partial charge in [-0.05, 0) is 18.6 Å². The fourth-order valence-corrected chi connectivity index (χ4v) is 4.18. The van der Waals surface area contributed by atoms with E-state index in [0.29, 0.717) is 5.82 Å². The number of unbranched alkanes of at least 4 members (excludes halogenated alkanes) is 1. The maximum Gasteiger partial charge on any atom is 0.206 e. The van der Waals surface area contributed by atoms with Gasteiger partial charge in [0.25, 0.3) is 0 Å². The van der Waals surface area contributed by atoms with Gasteiger partial charge in [0.05, 0.1) is 16.8 Å². The van der Waals surface area contributed by atoms with Gasteiger partial charge in [-0.25, -0.2) is 4.98 Å². The second kappa shape index (κ2) is 8.88. The number of hydrogen-bond donors (Lipinski definition) is 2. The van der Waals surface area contributed by atoms with Gasteiger partial charge in [0, 0.05) is 13.6 Å². The molecule has 27 heavy (non-hydrogen) atoms. The molecule has 9 heteroatoms. The summed E-state index contributed by atoms with van der Waals surface area (Å²) in [4.78, 5) is 4.48. The van der Waals surface area contributed by atoms with Crippen molar-refractivity contribution >= 4 is 44.8 Å². The molecule has 0 spiro atoms. The number of aliphatic hydroxyl groups excluding tert-OH is 1. The third-order valence-corrected chi connectivity index (χ3v) is 5.98. The number of para-hydroxylation sites is 2. The topological polar surface area (TPSA) is 99.7 Å². The number of nitrogens with one attached hydrogen (secondary N) is 1. The fourth-order valence-electron chi connectivity index (χ4n) is 2.53. The smallest absolute Gasteiger partial charge is 0.206 e. The van der Waals surface area contributed by atoms with Gasteiger partial charge in [-0.3, -0.25) is 0 Å². The molecule has 0 aliphatic heterocycles. The molecule has 2 N–H and O–H groups in total. The van der Waals surface area contributed by atoms with Crippen molar-refractivity contribution < 1.29 is 5.11 Å². The number of anilines is 1. The minimum Gasteiger partial charge on any atom is -0.510 e. The van der Waals surface area contributed by atoms with Crippen LogP contribution in [0.3, 0.4) is 0 Å². The van der Waals surface area contributed by atoms with Gasteiger partial charge in [0.15, 0.2) is 10.2 Å². The molecule has 3 aromatic rings. The molecule has 2 heterocycles. The zero-order chi connectivity index (χ0) is 19.2. The Morgan fingerprint density at radius 3 is 2.93 bits per heavy atom. The van der Waals surface area contributed by atoms with Crippen LogP contribution < -0.4 is 5.32 Å². The van der Waals surface area contributed by atoms with Crippen LogP contribution in [0.15, 0.2) is 34.4 Å². The number of aliphatic hydroxyl groups is 1. The van der Waals surface area contributed by atoms with Crippen molar-refractivity contribution in [2.24, 2.45) is 7.05 Å². The van der Waals surface area contributed by atoms with E-state index in [4.69, 9.17) is 0 Å². The van der Waals surface area contributed by atoms with Crippen LogP contribution in [0, 0.1) is 11.3 Å². The Hall–Kier alpha value is -2.57. The molecule has 3 rings (SSSR count). The SMILES string of the molecule is CCCCNc1nnc(SC/C(O)=C(\C#N)c2nc3ccccc3n2C)s1. The average Bonchev–Trinajstić information content (AvgIpc) is 3.26. The molecule has 0 amide bonds. The van der Waals surface area contributed by atoms with E-state index in [1.807, 2.05) is 35.9 Å². The Morgan fingerprint density at radius 2 is 2.19 bits per heavy atom. The number of allylic oxidation sites excluding steroid dienone is 1. The second-order valence-electron chi connectivity index (χ2n) is 5.86. The van der Waals surface area contributed by atoms with E-state index in [9.17, 15) is 10.4 Å². The van der Waals surface area contributed by atoms with Gasteiger partial charge in [-0.2, -0.15) is 5.26 Å². The molecule has 0 aliphatic rings. The number of thioether (sulfide) groups is 1. The number of nitriles is 1. The summed E-state index contributed by atoms with van der Waals surface area (Å²) >= 11 is 2.79. The fraction of sp³-hybridized carbons (Fsp3) is 0.333. The number of rotatable bonds is 8. The van der Waals surface area contributed by atoms with Gasteiger partial charge in [-0.1, -0.05) is 48.6 Å². The highest BCUT2D eigenvalue weighted by molar-refractivity contribution is 8.01. The van der Waals surface area contributed by atoms with Crippen molar-refractivity contribution in [1.29, 1.82) is 5.26 Å². The van der Waals surface area contributed by atoms with Crippen LogP contribution in [-0.2, 0) is 7.05 Å². The highest BCUT2D eigenvalue weighted by atomic mass is 32.2. The number of aromatic nitrogens is 4. The van der Waals surface area contributed by atoms with Gasteiger partial charge >= 0.3 is 0 Å². The number of hydrogen-bond acceptors (Lipinski definition) is 8. The molecule has 0 saturated heterocycles. The summed E-state index contributed by atoms with van der Waals surface area (Å²) in [6.45, 7) is 3.00. The average molecular weight is 401 g/mol. The minimum atomic E-state index is -0.0170. The van der Waals surface area contributed by atoms with E-state index in [1.54, 1.807) is 0 Å². The van der Waals surface area contributed by atoms with Gasteiger partial charge in [0.2, 0.25) is 5.13 Å². The van der Waals surface area contributed by atoms with E-state index in [0.717, 1.165) is 39.9 Å². The first-order valence-corrected chi connectivity index (χ1v) is 10.4. The molecule has 0 unspecified atom stereocenters. The molecule has 0 bridgehead atoms. The molecular weight excluding hydrogens is 380 g/mol. The quantitative estimate of drug-likeness (QED) is 0.253. The summed E-state index contributed by atoms with van der Waals surface area (Å²) in [5.41, 5.74) is 1.87. The van der Waals surface area contributed by atoms with Crippen molar-refractivity contribution in [3.8, 4) is 6.07 Å². The van der Waals surface area contributed by atoms with Gasteiger partial charge in [0.1, 0.15) is 17.4 Å². The third kappa shape index (κ3) is 4.40. The van der Waals surface area contributed by atoms with Gasteiger partial charge in [-0.15, -0.1) is 10.2 Å². The summed E-state index contributed by atoms with van der Waals surface area (Å²) in [5, 5.41) is 32.2. The number of nitrogens with zero attached hydrogens (tertiary/aromatic N) is 5. The molecule has 0 aliphatic carbocycles. The standard InChI is InChI=1S/C18H20N6OS2/c1-3-4-9-20-17-22-23-18(27-17)26-11-15(25)12(10-19)16-21-13-7-5-6-8-14(13)24(16)2/h5-8,25H,3-4,9,11H2,1-2H3,(H,20,22)/b15-12-. The Balaban J connectivity index is 1.74. The first kappa shape index (κ1) is 19.2. The number of fused-ring (bicyclic) bond motifs is 1. The lowest BCUT2D eigenvalue weighted by molar-refractivity contribution is 0.420. The maximum absolute atomic E-state index is 10.5. The zero-order valence-corrected chi connectivity index (χ0v) is 16.8. The van der Waals surface area contributed by atoms with Crippen LogP contribution in [0.25, 0.3) is 16.6 Å². The second-order valence-corrected chi connectivity index (χ2v) is 8.06. The van der Waals surface area contributed by atoms with Crippen LogP contribution >= 0.6 is 23.1 Å². The predicted molar refractivity (Wildman–Crippen MR) is 110 cm³/mol. The number of imidazole rings is 1. The van der Waals surface area contributed by atoms with E-state index in [2.05, 4.69) is 33.5 Å². The maximum atomic E-state index is 10.5. The molecule has 0 saturated carbocycles. The van der Waals surface area contributed by atoms with Crippen LogP contribution in [0.2, 0.25) is 0 Å². The molecule has 0 fully saturated rings. The summed E-state index contributed by atoms with van der Waals surface area (Å²) in [6.07, 6.45) is 2.19. The van der Waals surface area contributed by atoms with E-state index < -0.39 is 0 Å². The van der Waals surface area contributed by atoms with Crippen molar-refractivity contribution in [3.05, 3.63) is 35.8 Å². The van der Waals surface area contributed by atoms with Crippen LogP contribution in [-0.4, -0.2) is 37.2 Å². The van der Waals surface area contributed by atoms with Crippen molar-refractivity contribution in [2.45, 2.75) is 24.1 Å². The molecular formula is C18H20N6OS2. The van der Waals surface area contributed by atoms with E-state index in [1.165, 1.54) is 23.1 Å². The number of benzene rings is 1. The highest BCUT2D eigenvalue weighted by Gasteiger charge is 2.17. The Labute approximate surface area is 165 Å². The van der Waals surface area contributed by atoms with Crippen LogP contribution in [0.4, 0.5) is 5.13 Å². The van der Waals surface area contributed by atoms with Crippen molar-refractivity contribution in [1.82, 2.24) is 19.7 Å². The summed E-state index contributed by atoms with van der Waals surface area (Å²) in [6, 6.07) is 9.71. The molecule has 1 aromatic carbocycles. The lowest BCUT2D eigenvalue weighted by atomic mass is 10.2. The first-order valence-electron chi connectivity index (χ1n) is 8.58. The molecule has 7 nitrogen and oxygen atoms in total. The minimum absolute atomic E-state index is 0.0170. The van der Waals surface area contributed by atoms with Crippen LogP contribution in [0.5, 0.6) is 0 Å². The molecule has 0 radical (unpaired) electrons. The highest BCUT2D eigenvalue weighted by Crippen LogP contribution is 2.29. The summed E-state index contributed by atoms with van der Waals surface area (Å²) in [7, 11) is 1.83. The van der Waals surface area contributed by atoms with Crippen molar-refractivity contribution in [2.75, 3.05) is 17.6 Å². The summed E-state index contributed by atoms with van der Waals surface area (Å²) in [5.74, 6) is 0.669. The summed E-state index contributed by atoms with van der Waals surface area (Å²) < 4.78 is 2.55. The zero-order valence-electron chi connectivity index (χ0n) is 15.1. The van der Waals surface area contributed by atoms with E-state index >= 15 is 0 Å². The lowest BCUT2D eigenvalue weighted by Crippen LogP contribution is -2.00. The number of aryl methyl sites for hydroxylation is 1. The Kier molecular flexibility index (Phi) is 6.32. The third-order valence-electron chi connectivity index (χ3n) is 3.96. The van der Waals surface area contributed by atoms with Gasteiger partial charge < -0.3 is 15.0 Å².